The van der Waals surface area contributed by atoms with Crippen molar-refractivity contribution in [2.24, 2.45) is 5.92 Å². The van der Waals surface area contributed by atoms with Crippen LogP contribution in [0.2, 0.25) is 0 Å². The molecule has 20 heavy (non-hydrogen) atoms. The number of aliphatic hydroxyl groups is 1. The molecule has 1 amide bonds. The summed E-state index contributed by atoms with van der Waals surface area (Å²) in [6.45, 7) is 5.53. The average molecular weight is 279 g/mol. The average Bonchev–Trinajstić information content (AvgIpc) is 2.44. The number of aliphatic hydroxyl groups excluding tert-OH is 1. The maximum absolute atomic E-state index is 11.7. The van der Waals surface area contributed by atoms with Crippen molar-refractivity contribution >= 4 is 11.9 Å². The number of carbonyl (C=O) groups is 2. The molecule has 0 aliphatic rings. The molecule has 0 spiro atoms. The van der Waals surface area contributed by atoms with Gasteiger partial charge >= 0.3 is 5.97 Å². The molecule has 0 saturated heterocycles. The number of carbonyl (C=O) groups excluding carboxylic acids is 2. The molecule has 1 aromatic carbocycles. The minimum Gasteiger partial charge on any atom is -0.452 e. The molecule has 0 bridgehead atoms. The fraction of sp³-hybridized carbons (Fsp3) is 0.467. The van der Waals surface area contributed by atoms with E-state index in [0.29, 0.717) is 17.0 Å². The van der Waals surface area contributed by atoms with Crippen molar-refractivity contribution in [3.8, 4) is 0 Å². The molecule has 0 aliphatic heterocycles. The third-order valence-corrected chi connectivity index (χ3v) is 3.10. The largest absolute Gasteiger partial charge is 0.452 e. The zero-order valence-corrected chi connectivity index (χ0v) is 12.1. The van der Waals surface area contributed by atoms with Crippen LogP contribution in [0.1, 0.15) is 36.7 Å². The molecule has 0 aromatic heterocycles. The molecular weight excluding hydrogens is 258 g/mol. The second-order valence-electron chi connectivity index (χ2n) is 5.03. The molecule has 0 radical (unpaired) electrons. The van der Waals surface area contributed by atoms with Gasteiger partial charge in [-0.1, -0.05) is 26.0 Å². The van der Waals surface area contributed by atoms with Crippen LogP contribution >= 0.6 is 0 Å². The van der Waals surface area contributed by atoms with Gasteiger partial charge in [0.25, 0.3) is 5.91 Å². The molecule has 0 fully saturated rings. The Balaban J connectivity index is 2.44. The van der Waals surface area contributed by atoms with Crippen molar-refractivity contribution in [1.82, 2.24) is 5.32 Å². The number of hydrogen-bond donors (Lipinski definition) is 2. The minimum absolute atomic E-state index is 0.0324. The molecule has 2 N–H and O–H groups in total. The van der Waals surface area contributed by atoms with Crippen molar-refractivity contribution < 1.29 is 19.4 Å². The van der Waals surface area contributed by atoms with Crippen LogP contribution < -0.4 is 5.32 Å². The van der Waals surface area contributed by atoms with Crippen LogP contribution in [-0.2, 0) is 16.1 Å². The van der Waals surface area contributed by atoms with Gasteiger partial charge in [0.2, 0.25) is 0 Å². The number of rotatable bonds is 6. The standard InChI is InChI=1S/C15H21NO4/c1-10(2)11(3)16-14(18)9-20-15(19)13-6-4-12(8-17)5-7-13/h4-7,10-11,17H,8-9H2,1-3H3,(H,16,18)/t11-/m1/s1. The summed E-state index contributed by atoms with van der Waals surface area (Å²) in [4.78, 5) is 23.3. The van der Waals surface area contributed by atoms with E-state index in [1.165, 1.54) is 0 Å². The van der Waals surface area contributed by atoms with Gasteiger partial charge in [-0.15, -0.1) is 0 Å². The Morgan fingerprint density at radius 3 is 2.30 bits per heavy atom. The fourth-order valence-electron chi connectivity index (χ4n) is 1.42. The molecule has 0 saturated carbocycles. The molecule has 1 atom stereocenters. The van der Waals surface area contributed by atoms with Gasteiger partial charge in [0.15, 0.2) is 6.61 Å². The van der Waals surface area contributed by atoms with E-state index >= 15 is 0 Å². The molecule has 5 heteroatoms. The quantitative estimate of drug-likeness (QED) is 0.774. The van der Waals surface area contributed by atoms with Crippen LogP contribution in [0, 0.1) is 5.92 Å². The monoisotopic (exact) mass is 279 g/mol. The number of ether oxygens (including phenoxy) is 1. The van der Waals surface area contributed by atoms with Gasteiger partial charge in [0.1, 0.15) is 0 Å². The normalized spacial score (nSPS) is 12.1. The second kappa shape index (κ2) is 7.65. The summed E-state index contributed by atoms with van der Waals surface area (Å²) in [7, 11) is 0. The summed E-state index contributed by atoms with van der Waals surface area (Å²) in [5, 5.41) is 11.7. The predicted octanol–water partition coefficient (Wildman–Crippen LogP) is 1.50. The lowest BCUT2D eigenvalue weighted by atomic mass is 10.1. The number of benzene rings is 1. The van der Waals surface area contributed by atoms with Gasteiger partial charge in [0.05, 0.1) is 12.2 Å². The first-order chi connectivity index (χ1) is 9.43. The summed E-state index contributed by atoms with van der Waals surface area (Å²) in [6.07, 6.45) is 0. The van der Waals surface area contributed by atoms with Crippen molar-refractivity contribution in [3.05, 3.63) is 35.4 Å². The lowest BCUT2D eigenvalue weighted by molar-refractivity contribution is -0.125. The van der Waals surface area contributed by atoms with Gasteiger partial charge < -0.3 is 15.2 Å². The Morgan fingerprint density at radius 2 is 1.80 bits per heavy atom. The van der Waals surface area contributed by atoms with Gasteiger partial charge in [-0.25, -0.2) is 4.79 Å². The SMILES string of the molecule is CC(C)[C@@H](C)NC(=O)COC(=O)c1ccc(CO)cc1. The first-order valence-electron chi connectivity index (χ1n) is 6.60. The van der Waals surface area contributed by atoms with E-state index in [2.05, 4.69) is 5.32 Å². The van der Waals surface area contributed by atoms with E-state index < -0.39 is 5.97 Å². The minimum atomic E-state index is -0.554. The molecule has 0 aliphatic carbocycles. The molecule has 5 nitrogen and oxygen atoms in total. The number of hydrogen-bond acceptors (Lipinski definition) is 4. The van der Waals surface area contributed by atoms with Crippen molar-refractivity contribution in [1.29, 1.82) is 0 Å². The van der Waals surface area contributed by atoms with Gasteiger partial charge in [-0.2, -0.15) is 0 Å². The fourth-order valence-corrected chi connectivity index (χ4v) is 1.42. The van der Waals surface area contributed by atoms with E-state index in [-0.39, 0.29) is 25.2 Å². The molecule has 0 unspecified atom stereocenters. The van der Waals surface area contributed by atoms with Crippen molar-refractivity contribution in [2.75, 3.05) is 6.61 Å². The molecule has 0 heterocycles. The highest BCUT2D eigenvalue weighted by Gasteiger charge is 2.13. The van der Waals surface area contributed by atoms with Gasteiger partial charge in [-0.05, 0) is 30.5 Å². The molecular formula is C15H21NO4. The van der Waals surface area contributed by atoms with Crippen LogP contribution in [0.5, 0.6) is 0 Å². The van der Waals surface area contributed by atoms with Gasteiger partial charge in [0, 0.05) is 6.04 Å². The van der Waals surface area contributed by atoms with Crippen molar-refractivity contribution in [3.63, 3.8) is 0 Å². The van der Waals surface area contributed by atoms with E-state index in [4.69, 9.17) is 9.84 Å². The van der Waals surface area contributed by atoms with E-state index in [1.54, 1.807) is 24.3 Å². The maximum Gasteiger partial charge on any atom is 0.338 e. The first kappa shape index (κ1) is 16.2. The van der Waals surface area contributed by atoms with Crippen LogP contribution in [0.25, 0.3) is 0 Å². The summed E-state index contributed by atoms with van der Waals surface area (Å²) in [6, 6.07) is 6.42. The maximum atomic E-state index is 11.7. The zero-order valence-electron chi connectivity index (χ0n) is 12.1. The van der Waals surface area contributed by atoms with Crippen LogP contribution in [0.4, 0.5) is 0 Å². The van der Waals surface area contributed by atoms with E-state index in [9.17, 15) is 9.59 Å². The van der Waals surface area contributed by atoms with E-state index in [0.717, 1.165) is 0 Å². The number of esters is 1. The van der Waals surface area contributed by atoms with E-state index in [1.807, 2.05) is 20.8 Å². The lowest BCUT2D eigenvalue weighted by Gasteiger charge is -2.17. The Morgan fingerprint density at radius 1 is 1.20 bits per heavy atom. The van der Waals surface area contributed by atoms with Crippen molar-refractivity contribution in [2.45, 2.75) is 33.4 Å². The summed E-state index contributed by atoms with van der Waals surface area (Å²) in [5.41, 5.74) is 1.07. The van der Waals surface area contributed by atoms with Crippen LogP contribution in [0.3, 0.4) is 0 Å². The highest BCUT2D eigenvalue weighted by Crippen LogP contribution is 2.06. The topological polar surface area (TPSA) is 75.6 Å². The Labute approximate surface area is 118 Å². The Hall–Kier alpha value is -1.88. The van der Waals surface area contributed by atoms with Crippen LogP contribution in [-0.4, -0.2) is 29.6 Å². The van der Waals surface area contributed by atoms with Crippen LogP contribution in [0.15, 0.2) is 24.3 Å². The summed E-state index contributed by atoms with van der Waals surface area (Å²) < 4.78 is 4.93. The number of nitrogens with one attached hydrogen (secondary N) is 1. The Bertz CT molecular complexity index is 453. The Kier molecular flexibility index (Phi) is 6.18. The number of amides is 1. The third-order valence-electron chi connectivity index (χ3n) is 3.10. The summed E-state index contributed by atoms with van der Waals surface area (Å²) in [5.74, 6) is -0.547. The summed E-state index contributed by atoms with van der Waals surface area (Å²) >= 11 is 0. The smallest absolute Gasteiger partial charge is 0.338 e. The molecule has 110 valence electrons. The highest BCUT2D eigenvalue weighted by molar-refractivity contribution is 5.91. The molecule has 1 aromatic rings. The first-order valence-corrected chi connectivity index (χ1v) is 6.60. The molecule has 1 rings (SSSR count). The highest BCUT2D eigenvalue weighted by atomic mass is 16.5. The third kappa shape index (κ3) is 5.01. The predicted molar refractivity (Wildman–Crippen MR) is 75.1 cm³/mol. The zero-order chi connectivity index (χ0) is 15.1. The lowest BCUT2D eigenvalue weighted by Crippen LogP contribution is -2.38. The second-order valence-corrected chi connectivity index (χ2v) is 5.03. The van der Waals surface area contributed by atoms with Gasteiger partial charge in [-0.3, -0.25) is 4.79 Å².